The van der Waals surface area contributed by atoms with Gasteiger partial charge >= 0.3 is 0 Å². The largest absolute Gasteiger partial charge is 0.370 e. The minimum atomic E-state index is 0.475. The van der Waals surface area contributed by atoms with Gasteiger partial charge in [0.15, 0.2) is 11.8 Å². The summed E-state index contributed by atoms with van der Waals surface area (Å²) in [6, 6.07) is 4.19. The van der Waals surface area contributed by atoms with Crippen molar-refractivity contribution in [2.24, 2.45) is 10.7 Å². The number of guanidine groups is 1. The minimum Gasteiger partial charge on any atom is -0.370 e. The number of aliphatic imine (C=N–C) groups is 1. The molecule has 3 rings (SSSR count). The number of hydrogen-bond acceptors (Lipinski definition) is 4. The molecule has 0 saturated carbocycles. The second-order valence-electron chi connectivity index (χ2n) is 5.45. The Hall–Kier alpha value is -1.89. The number of nitrogens with one attached hydrogen (secondary N) is 1. The topological polar surface area (TPSA) is 81.1 Å². The number of nitrogens with two attached hydrogens (primary N) is 1. The van der Waals surface area contributed by atoms with Crippen LogP contribution in [0.3, 0.4) is 0 Å². The van der Waals surface area contributed by atoms with Crippen LogP contribution in [0.2, 0.25) is 0 Å². The number of thiophene rings is 1. The van der Waals surface area contributed by atoms with Crippen LogP contribution in [0, 0.1) is 0 Å². The summed E-state index contributed by atoms with van der Waals surface area (Å²) >= 11 is 1.76. The van der Waals surface area contributed by atoms with Crippen LogP contribution in [-0.2, 0) is 25.9 Å². The standard InChI is InChI=1S/C15H22N6S/c16-15(17-8-7-12-5-4-10-22-12)18-11-14-20-19-13-6-2-1-3-9-21(13)14/h4-5,10H,1-3,6-9,11H2,(H3,16,17,18). The van der Waals surface area contributed by atoms with Crippen molar-refractivity contribution < 1.29 is 0 Å². The first kappa shape index (κ1) is 15.0. The van der Waals surface area contributed by atoms with Gasteiger partial charge in [-0.05, 0) is 30.7 Å². The fraction of sp³-hybridized carbons (Fsp3) is 0.533. The normalized spacial score (nSPS) is 15.4. The number of hydrogen-bond donors (Lipinski definition) is 2. The average Bonchev–Trinajstić information content (AvgIpc) is 3.10. The van der Waals surface area contributed by atoms with Crippen molar-refractivity contribution in [3.63, 3.8) is 0 Å². The van der Waals surface area contributed by atoms with E-state index >= 15 is 0 Å². The zero-order chi connectivity index (χ0) is 15.2. The molecule has 0 fully saturated rings. The Morgan fingerprint density at radius 1 is 1.36 bits per heavy atom. The van der Waals surface area contributed by atoms with Gasteiger partial charge in [-0.15, -0.1) is 21.5 Å². The second kappa shape index (κ2) is 7.40. The van der Waals surface area contributed by atoms with Crippen LogP contribution in [-0.4, -0.2) is 27.3 Å². The van der Waals surface area contributed by atoms with Crippen molar-refractivity contribution in [3.05, 3.63) is 34.0 Å². The third kappa shape index (κ3) is 3.85. The van der Waals surface area contributed by atoms with Crippen LogP contribution in [0.15, 0.2) is 22.5 Å². The molecule has 0 spiro atoms. The maximum atomic E-state index is 5.92. The summed E-state index contributed by atoms with van der Waals surface area (Å²) in [5.41, 5.74) is 5.92. The Kier molecular flexibility index (Phi) is 5.05. The predicted octanol–water partition coefficient (Wildman–Crippen LogP) is 1.71. The highest BCUT2D eigenvalue weighted by Gasteiger charge is 2.13. The first-order chi connectivity index (χ1) is 10.8. The molecule has 6 nitrogen and oxygen atoms in total. The molecule has 1 aliphatic heterocycles. The second-order valence-corrected chi connectivity index (χ2v) is 6.48. The zero-order valence-electron chi connectivity index (χ0n) is 12.7. The van der Waals surface area contributed by atoms with Crippen molar-refractivity contribution in [1.29, 1.82) is 0 Å². The van der Waals surface area contributed by atoms with Gasteiger partial charge in [-0.2, -0.15) is 0 Å². The number of rotatable bonds is 5. The molecular formula is C15H22N6S. The van der Waals surface area contributed by atoms with E-state index in [9.17, 15) is 0 Å². The van der Waals surface area contributed by atoms with Gasteiger partial charge in [-0.1, -0.05) is 12.5 Å². The van der Waals surface area contributed by atoms with Crippen LogP contribution >= 0.6 is 11.3 Å². The predicted molar refractivity (Wildman–Crippen MR) is 88.9 cm³/mol. The van der Waals surface area contributed by atoms with E-state index in [1.54, 1.807) is 11.3 Å². The Bertz CT molecular complexity index is 616. The lowest BCUT2D eigenvalue weighted by Gasteiger charge is -2.06. The molecule has 0 aromatic carbocycles. The van der Waals surface area contributed by atoms with Crippen molar-refractivity contribution >= 4 is 17.3 Å². The van der Waals surface area contributed by atoms with Crippen LogP contribution in [0.25, 0.3) is 0 Å². The summed E-state index contributed by atoms with van der Waals surface area (Å²) in [6.45, 7) is 2.29. The summed E-state index contributed by atoms with van der Waals surface area (Å²) in [5.74, 6) is 2.48. The van der Waals surface area contributed by atoms with Crippen molar-refractivity contribution in [2.75, 3.05) is 6.54 Å². The summed E-state index contributed by atoms with van der Waals surface area (Å²) in [4.78, 5) is 5.74. The highest BCUT2D eigenvalue weighted by Crippen LogP contribution is 2.14. The van der Waals surface area contributed by atoms with Gasteiger partial charge in [0.25, 0.3) is 0 Å². The molecule has 3 N–H and O–H groups in total. The third-order valence-electron chi connectivity index (χ3n) is 3.83. The van der Waals surface area contributed by atoms with E-state index in [1.807, 2.05) is 0 Å². The van der Waals surface area contributed by atoms with Gasteiger partial charge in [0.2, 0.25) is 0 Å². The first-order valence-corrected chi connectivity index (χ1v) is 8.68. The number of fused-ring (bicyclic) bond motifs is 1. The molecule has 2 aromatic heterocycles. The van der Waals surface area contributed by atoms with Gasteiger partial charge in [-0.3, -0.25) is 0 Å². The summed E-state index contributed by atoms with van der Waals surface area (Å²) in [7, 11) is 0. The molecule has 2 aromatic rings. The highest BCUT2D eigenvalue weighted by molar-refractivity contribution is 7.09. The van der Waals surface area contributed by atoms with Crippen LogP contribution in [0.4, 0.5) is 0 Å². The van der Waals surface area contributed by atoms with Gasteiger partial charge in [0.1, 0.15) is 12.4 Å². The van der Waals surface area contributed by atoms with Gasteiger partial charge in [0, 0.05) is 24.4 Å². The molecule has 118 valence electrons. The number of aromatic nitrogens is 3. The first-order valence-electron chi connectivity index (χ1n) is 7.80. The fourth-order valence-electron chi connectivity index (χ4n) is 2.64. The van der Waals surface area contributed by atoms with Crippen molar-refractivity contribution in [1.82, 2.24) is 20.1 Å². The van der Waals surface area contributed by atoms with Crippen molar-refractivity contribution in [3.8, 4) is 0 Å². The Labute approximate surface area is 134 Å². The maximum absolute atomic E-state index is 5.92. The van der Waals surface area contributed by atoms with E-state index < -0.39 is 0 Å². The Balaban J connectivity index is 1.51. The molecule has 3 heterocycles. The Morgan fingerprint density at radius 2 is 2.32 bits per heavy atom. The van der Waals surface area contributed by atoms with Crippen LogP contribution < -0.4 is 11.1 Å². The lowest BCUT2D eigenvalue weighted by atomic mass is 10.2. The SMILES string of the molecule is NC(=NCc1nnc2n1CCCCC2)NCCc1cccs1. The molecule has 0 aliphatic carbocycles. The quantitative estimate of drug-likeness (QED) is 0.649. The molecule has 1 aliphatic rings. The maximum Gasteiger partial charge on any atom is 0.189 e. The summed E-state index contributed by atoms with van der Waals surface area (Å²) < 4.78 is 2.20. The molecule has 7 heteroatoms. The number of nitrogens with zero attached hydrogens (tertiary/aromatic N) is 4. The minimum absolute atomic E-state index is 0.475. The van der Waals surface area contributed by atoms with Crippen LogP contribution in [0.5, 0.6) is 0 Å². The molecule has 22 heavy (non-hydrogen) atoms. The van der Waals surface area contributed by atoms with E-state index in [2.05, 4.69) is 42.6 Å². The monoisotopic (exact) mass is 318 g/mol. The molecule has 0 amide bonds. The van der Waals surface area contributed by atoms with E-state index in [4.69, 9.17) is 5.73 Å². The zero-order valence-corrected chi connectivity index (χ0v) is 13.5. The lowest BCUT2D eigenvalue weighted by molar-refractivity contribution is 0.606. The Morgan fingerprint density at radius 3 is 3.18 bits per heavy atom. The lowest BCUT2D eigenvalue weighted by Crippen LogP contribution is -2.33. The molecular weight excluding hydrogens is 296 g/mol. The molecule has 0 saturated heterocycles. The van der Waals surface area contributed by atoms with Crippen LogP contribution in [0.1, 0.15) is 35.8 Å². The number of aryl methyl sites for hydroxylation is 1. The summed E-state index contributed by atoms with van der Waals surface area (Å²) in [5, 5.41) is 13.8. The molecule has 0 atom stereocenters. The molecule has 0 bridgehead atoms. The van der Waals surface area contributed by atoms with Gasteiger partial charge < -0.3 is 15.6 Å². The van der Waals surface area contributed by atoms with E-state index in [1.165, 1.54) is 24.1 Å². The smallest absolute Gasteiger partial charge is 0.189 e. The third-order valence-corrected chi connectivity index (χ3v) is 4.77. The van der Waals surface area contributed by atoms with E-state index in [-0.39, 0.29) is 0 Å². The van der Waals surface area contributed by atoms with E-state index in [0.717, 1.165) is 37.6 Å². The van der Waals surface area contributed by atoms with Gasteiger partial charge in [0.05, 0.1) is 0 Å². The summed E-state index contributed by atoms with van der Waals surface area (Å²) in [6.07, 6.45) is 5.64. The van der Waals surface area contributed by atoms with Crippen molar-refractivity contribution in [2.45, 2.75) is 45.2 Å². The highest BCUT2D eigenvalue weighted by atomic mass is 32.1. The fourth-order valence-corrected chi connectivity index (χ4v) is 3.35. The van der Waals surface area contributed by atoms with Gasteiger partial charge in [-0.25, -0.2) is 4.99 Å². The molecule has 0 unspecified atom stereocenters. The molecule has 0 radical (unpaired) electrons. The average molecular weight is 318 g/mol. The van der Waals surface area contributed by atoms with E-state index in [0.29, 0.717) is 12.5 Å².